The highest BCUT2D eigenvalue weighted by atomic mass is 16.5. The molecule has 6 nitrogen and oxygen atoms in total. The number of aromatic nitrogens is 2. The summed E-state index contributed by atoms with van der Waals surface area (Å²) < 4.78 is 6.79. The first kappa shape index (κ1) is 26.4. The zero-order valence-electron chi connectivity index (χ0n) is 21.7. The number of nitrogens with one attached hydrogen (secondary N) is 1. The molecule has 0 bridgehead atoms. The van der Waals surface area contributed by atoms with E-state index in [-0.39, 0.29) is 30.0 Å². The van der Waals surface area contributed by atoms with Gasteiger partial charge in [-0.15, -0.1) is 0 Å². The molecule has 0 aliphatic heterocycles. The Morgan fingerprint density at radius 1 is 1.09 bits per heavy atom. The van der Waals surface area contributed by atoms with E-state index in [1.165, 1.54) is 12.7 Å². The second kappa shape index (κ2) is 11.9. The number of hydrogen-bond donors (Lipinski definition) is 1. The fourth-order valence-corrected chi connectivity index (χ4v) is 4.45. The van der Waals surface area contributed by atoms with Crippen LogP contribution in [-0.2, 0) is 9.53 Å². The normalized spacial score (nSPS) is 13.0. The minimum Gasteiger partial charge on any atom is -0.469 e. The zero-order valence-corrected chi connectivity index (χ0v) is 21.7. The molecule has 0 radical (unpaired) electrons. The molecular formula is C29H37N3O3. The summed E-state index contributed by atoms with van der Waals surface area (Å²) in [7, 11) is 1.40. The molecule has 1 N–H and O–H groups in total. The van der Waals surface area contributed by atoms with E-state index in [0.717, 1.165) is 34.4 Å². The number of ether oxygens (including phenoxy) is 1. The lowest BCUT2D eigenvalue weighted by Gasteiger charge is -2.26. The van der Waals surface area contributed by atoms with E-state index in [0.29, 0.717) is 12.5 Å². The average molecular weight is 476 g/mol. The maximum atomic E-state index is 12.7. The van der Waals surface area contributed by atoms with Crippen molar-refractivity contribution in [3.05, 3.63) is 87.6 Å². The van der Waals surface area contributed by atoms with Gasteiger partial charge in [-0.25, -0.2) is 0 Å². The number of nitrogens with zero attached hydrogens (tertiary/aromatic N) is 2. The highest BCUT2D eigenvalue weighted by Gasteiger charge is 2.22. The molecule has 2 atom stereocenters. The maximum absolute atomic E-state index is 12.7. The molecule has 0 amide bonds. The minimum atomic E-state index is -0.298. The molecule has 0 aliphatic carbocycles. The standard InChI is InChI=1S/C29H37N3O3/c1-19(2)13-24(32-12-11-20(3)14-28(32)33)18-31-27(16-29(34)35-6)23-15-26(22(5)30-17-23)25-10-8-7-9-21(25)4/h7-12,14-15,17,19,24,27,31H,13,16,18H2,1-6H3. The summed E-state index contributed by atoms with van der Waals surface area (Å²) in [5.41, 5.74) is 6.12. The number of aryl methyl sites for hydroxylation is 3. The molecule has 186 valence electrons. The smallest absolute Gasteiger partial charge is 0.307 e. The van der Waals surface area contributed by atoms with Crippen molar-refractivity contribution < 1.29 is 9.53 Å². The largest absolute Gasteiger partial charge is 0.469 e. The summed E-state index contributed by atoms with van der Waals surface area (Å²) in [6.07, 6.45) is 4.70. The Balaban J connectivity index is 1.94. The third-order valence-electron chi connectivity index (χ3n) is 6.38. The van der Waals surface area contributed by atoms with Crippen molar-refractivity contribution in [3.8, 4) is 11.1 Å². The minimum absolute atomic E-state index is 0.0131. The Kier molecular flexibility index (Phi) is 8.99. The summed E-state index contributed by atoms with van der Waals surface area (Å²) in [5, 5.41) is 3.56. The van der Waals surface area contributed by atoms with Gasteiger partial charge in [-0.05, 0) is 67.5 Å². The number of hydrogen-bond acceptors (Lipinski definition) is 5. The monoisotopic (exact) mass is 475 g/mol. The molecule has 0 saturated heterocycles. The molecule has 35 heavy (non-hydrogen) atoms. The first-order valence-corrected chi connectivity index (χ1v) is 12.2. The molecule has 2 aromatic heterocycles. The molecule has 2 heterocycles. The highest BCUT2D eigenvalue weighted by molar-refractivity contribution is 5.72. The number of rotatable bonds is 10. The van der Waals surface area contributed by atoms with Crippen LogP contribution in [0.1, 0.15) is 61.2 Å². The molecule has 2 unspecified atom stereocenters. The molecule has 1 aromatic carbocycles. The van der Waals surface area contributed by atoms with Gasteiger partial charge in [0, 0.05) is 48.3 Å². The van der Waals surface area contributed by atoms with E-state index in [9.17, 15) is 9.59 Å². The number of carbonyl (C=O) groups is 1. The van der Waals surface area contributed by atoms with Gasteiger partial charge in [-0.3, -0.25) is 14.6 Å². The Hall–Kier alpha value is -3.25. The van der Waals surface area contributed by atoms with Gasteiger partial charge in [0.05, 0.1) is 13.5 Å². The van der Waals surface area contributed by atoms with Crippen LogP contribution in [0.2, 0.25) is 0 Å². The maximum Gasteiger partial charge on any atom is 0.307 e. The summed E-state index contributed by atoms with van der Waals surface area (Å²) >= 11 is 0. The Morgan fingerprint density at radius 3 is 2.49 bits per heavy atom. The third kappa shape index (κ3) is 6.89. The van der Waals surface area contributed by atoms with Crippen molar-refractivity contribution in [1.29, 1.82) is 0 Å². The third-order valence-corrected chi connectivity index (χ3v) is 6.38. The van der Waals surface area contributed by atoms with Gasteiger partial charge in [0.2, 0.25) is 0 Å². The summed E-state index contributed by atoms with van der Waals surface area (Å²) in [6, 6.07) is 13.6. The van der Waals surface area contributed by atoms with Gasteiger partial charge in [-0.2, -0.15) is 0 Å². The van der Waals surface area contributed by atoms with Gasteiger partial charge in [-0.1, -0.05) is 38.1 Å². The zero-order chi connectivity index (χ0) is 25.5. The quantitative estimate of drug-likeness (QED) is 0.402. The van der Waals surface area contributed by atoms with E-state index in [1.807, 2.05) is 44.4 Å². The lowest BCUT2D eigenvalue weighted by molar-refractivity contribution is -0.141. The molecule has 0 spiro atoms. The van der Waals surface area contributed by atoms with Crippen LogP contribution in [0.25, 0.3) is 11.1 Å². The number of benzene rings is 1. The van der Waals surface area contributed by atoms with Gasteiger partial charge in [0.1, 0.15) is 0 Å². The fraction of sp³-hybridized carbons (Fsp3) is 0.414. The van der Waals surface area contributed by atoms with Crippen molar-refractivity contribution in [1.82, 2.24) is 14.9 Å². The van der Waals surface area contributed by atoms with E-state index in [4.69, 9.17) is 4.74 Å². The SMILES string of the molecule is COC(=O)CC(NCC(CC(C)C)n1ccc(C)cc1=O)c1cnc(C)c(-c2ccccc2C)c1. The number of carbonyl (C=O) groups excluding carboxylic acids is 1. The van der Waals surface area contributed by atoms with Crippen molar-refractivity contribution in [3.63, 3.8) is 0 Å². The topological polar surface area (TPSA) is 73.2 Å². The van der Waals surface area contributed by atoms with Gasteiger partial charge >= 0.3 is 5.97 Å². The Labute approximate surface area is 208 Å². The lowest BCUT2D eigenvalue weighted by Crippen LogP contribution is -2.35. The van der Waals surface area contributed by atoms with Crippen LogP contribution >= 0.6 is 0 Å². The van der Waals surface area contributed by atoms with Crippen molar-refractivity contribution >= 4 is 5.97 Å². The lowest BCUT2D eigenvalue weighted by atomic mass is 9.95. The highest BCUT2D eigenvalue weighted by Crippen LogP contribution is 2.29. The van der Waals surface area contributed by atoms with Crippen LogP contribution in [0.15, 0.2) is 59.7 Å². The average Bonchev–Trinajstić information content (AvgIpc) is 2.81. The summed E-state index contributed by atoms with van der Waals surface area (Å²) in [6.45, 7) is 10.8. The summed E-state index contributed by atoms with van der Waals surface area (Å²) in [5.74, 6) is 0.108. The molecule has 0 fully saturated rings. The van der Waals surface area contributed by atoms with Crippen molar-refractivity contribution in [2.45, 2.75) is 59.5 Å². The van der Waals surface area contributed by atoms with Gasteiger partial charge in [0.15, 0.2) is 0 Å². The number of pyridine rings is 2. The predicted molar refractivity (Wildman–Crippen MR) is 140 cm³/mol. The van der Waals surface area contributed by atoms with Crippen LogP contribution < -0.4 is 10.9 Å². The van der Waals surface area contributed by atoms with Crippen LogP contribution in [0.4, 0.5) is 0 Å². The van der Waals surface area contributed by atoms with Crippen LogP contribution in [0, 0.1) is 26.7 Å². The molecule has 3 aromatic rings. The number of methoxy groups -OCH3 is 1. The van der Waals surface area contributed by atoms with Crippen LogP contribution in [0.3, 0.4) is 0 Å². The molecular weight excluding hydrogens is 438 g/mol. The van der Waals surface area contributed by atoms with E-state index in [1.54, 1.807) is 10.6 Å². The van der Waals surface area contributed by atoms with Crippen molar-refractivity contribution in [2.24, 2.45) is 5.92 Å². The van der Waals surface area contributed by atoms with Gasteiger partial charge in [0.25, 0.3) is 5.56 Å². The van der Waals surface area contributed by atoms with Crippen molar-refractivity contribution in [2.75, 3.05) is 13.7 Å². The van der Waals surface area contributed by atoms with Gasteiger partial charge < -0.3 is 14.6 Å². The Bertz CT molecular complexity index is 1220. The fourth-order valence-electron chi connectivity index (χ4n) is 4.45. The Morgan fingerprint density at radius 2 is 1.83 bits per heavy atom. The first-order chi connectivity index (χ1) is 16.7. The molecule has 6 heteroatoms. The van der Waals surface area contributed by atoms with E-state index >= 15 is 0 Å². The van der Waals surface area contributed by atoms with Crippen LogP contribution in [-0.4, -0.2) is 29.2 Å². The molecule has 3 rings (SSSR count). The van der Waals surface area contributed by atoms with E-state index < -0.39 is 0 Å². The second-order valence-electron chi connectivity index (χ2n) is 9.69. The predicted octanol–water partition coefficient (Wildman–Crippen LogP) is 5.32. The van der Waals surface area contributed by atoms with E-state index in [2.05, 4.69) is 49.3 Å². The molecule has 0 aliphatic rings. The first-order valence-electron chi connectivity index (χ1n) is 12.2. The summed E-state index contributed by atoms with van der Waals surface area (Å²) in [4.78, 5) is 29.7. The number of esters is 1. The second-order valence-corrected chi connectivity index (χ2v) is 9.69. The molecule has 0 saturated carbocycles. The van der Waals surface area contributed by atoms with Crippen LogP contribution in [0.5, 0.6) is 0 Å².